The van der Waals surface area contributed by atoms with E-state index in [9.17, 15) is 9.90 Å². The van der Waals surface area contributed by atoms with Crippen molar-refractivity contribution in [3.05, 3.63) is 45.7 Å². The molecule has 0 atom stereocenters. The molecule has 2 aromatic heterocycles. The highest BCUT2D eigenvalue weighted by Gasteiger charge is 2.15. The van der Waals surface area contributed by atoms with Crippen molar-refractivity contribution >= 4 is 28.3 Å². The molecule has 0 unspecified atom stereocenters. The molecule has 5 nitrogen and oxygen atoms in total. The predicted molar refractivity (Wildman–Crippen MR) is 77.4 cm³/mol. The van der Waals surface area contributed by atoms with E-state index in [1.54, 1.807) is 23.5 Å². The van der Waals surface area contributed by atoms with E-state index in [2.05, 4.69) is 9.97 Å². The zero-order valence-electron chi connectivity index (χ0n) is 11.1. The summed E-state index contributed by atoms with van der Waals surface area (Å²) in [4.78, 5) is 21.1. The lowest BCUT2D eigenvalue weighted by Gasteiger charge is -2.04. The molecule has 1 aromatic carbocycles. The number of aryl methyl sites for hydroxylation is 2. The molecule has 3 rings (SSSR count). The molecular weight excluding hydrogens is 274 g/mol. The molecule has 0 amide bonds. The van der Waals surface area contributed by atoms with Gasteiger partial charge in [0.1, 0.15) is 16.3 Å². The standard InChI is InChI=1S/C14H13N3O2S/c1-8-6-15-12(20-8)7-17-9(2)16-13-10(14(18)19)4-3-5-11(13)17/h3-6H,7H2,1-2H3,(H,18,19). The molecule has 0 aliphatic rings. The minimum absolute atomic E-state index is 0.236. The number of nitrogens with zero attached hydrogens (tertiary/aromatic N) is 3. The maximum absolute atomic E-state index is 11.2. The molecule has 0 aliphatic carbocycles. The summed E-state index contributed by atoms with van der Waals surface area (Å²) in [6.07, 6.45) is 1.84. The Hall–Kier alpha value is -2.21. The average Bonchev–Trinajstić information content (AvgIpc) is 2.94. The number of para-hydroxylation sites is 1. The van der Waals surface area contributed by atoms with Crippen LogP contribution in [0.25, 0.3) is 11.0 Å². The van der Waals surface area contributed by atoms with Crippen LogP contribution in [-0.2, 0) is 6.54 Å². The van der Waals surface area contributed by atoms with Crippen LogP contribution >= 0.6 is 11.3 Å². The first-order chi connectivity index (χ1) is 9.56. The van der Waals surface area contributed by atoms with Gasteiger partial charge in [0.2, 0.25) is 0 Å². The highest BCUT2D eigenvalue weighted by molar-refractivity contribution is 7.11. The van der Waals surface area contributed by atoms with Gasteiger partial charge in [0.05, 0.1) is 17.6 Å². The number of carboxylic acids is 1. The molecule has 3 aromatic rings. The third kappa shape index (κ3) is 2.08. The fourth-order valence-electron chi connectivity index (χ4n) is 2.25. The number of benzene rings is 1. The highest BCUT2D eigenvalue weighted by Crippen LogP contribution is 2.22. The van der Waals surface area contributed by atoms with Crippen LogP contribution in [0.4, 0.5) is 0 Å². The van der Waals surface area contributed by atoms with Gasteiger partial charge in [0.25, 0.3) is 0 Å². The molecule has 0 saturated carbocycles. The van der Waals surface area contributed by atoms with Gasteiger partial charge in [-0.3, -0.25) is 0 Å². The predicted octanol–water partition coefficient (Wildman–Crippen LogP) is 2.86. The van der Waals surface area contributed by atoms with E-state index in [0.717, 1.165) is 21.2 Å². The van der Waals surface area contributed by atoms with Crippen molar-refractivity contribution in [3.8, 4) is 0 Å². The SMILES string of the molecule is Cc1cnc(Cn2c(C)nc3c(C(=O)O)cccc32)s1. The Bertz CT molecular complexity index is 804. The lowest BCUT2D eigenvalue weighted by Crippen LogP contribution is -2.02. The van der Waals surface area contributed by atoms with Crippen LogP contribution in [0.2, 0.25) is 0 Å². The van der Waals surface area contributed by atoms with Crippen molar-refractivity contribution in [1.29, 1.82) is 0 Å². The Morgan fingerprint density at radius 1 is 1.40 bits per heavy atom. The molecule has 102 valence electrons. The minimum atomic E-state index is -0.953. The summed E-state index contributed by atoms with van der Waals surface area (Å²) in [6.45, 7) is 4.51. The largest absolute Gasteiger partial charge is 0.478 e. The van der Waals surface area contributed by atoms with Crippen LogP contribution in [-0.4, -0.2) is 25.6 Å². The fourth-order valence-corrected chi connectivity index (χ4v) is 3.02. The van der Waals surface area contributed by atoms with Crippen LogP contribution in [0, 0.1) is 13.8 Å². The second kappa shape index (κ2) is 4.72. The van der Waals surface area contributed by atoms with Gasteiger partial charge in [0, 0.05) is 11.1 Å². The molecule has 0 bridgehead atoms. The van der Waals surface area contributed by atoms with E-state index < -0.39 is 5.97 Å². The van der Waals surface area contributed by atoms with Gasteiger partial charge in [-0.1, -0.05) is 6.07 Å². The van der Waals surface area contributed by atoms with Crippen molar-refractivity contribution in [3.63, 3.8) is 0 Å². The zero-order valence-corrected chi connectivity index (χ0v) is 11.9. The summed E-state index contributed by atoms with van der Waals surface area (Å²) in [6, 6.07) is 5.22. The molecule has 1 N–H and O–H groups in total. The summed E-state index contributed by atoms with van der Waals surface area (Å²) >= 11 is 1.64. The van der Waals surface area contributed by atoms with E-state index in [4.69, 9.17) is 0 Å². The van der Waals surface area contributed by atoms with Gasteiger partial charge in [-0.25, -0.2) is 14.8 Å². The van der Waals surface area contributed by atoms with Gasteiger partial charge in [0.15, 0.2) is 0 Å². The molecule has 0 saturated heterocycles. The Morgan fingerprint density at radius 3 is 2.85 bits per heavy atom. The van der Waals surface area contributed by atoms with Crippen molar-refractivity contribution in [2.75, 3.05) is 0 Å². The van der Waals surface area contributed by atoms with Crippen LogP contribution < -0.4 is 0 Å². The number of hydrogen-bond donors (Lipinski definition) is 1. The number of hydrogen-bond acceptors (Lipinski definition) is 4. The molecular formula is C14H13N3O2S. The van der Waals surface area contributed by atoms with Crippen molar-refractivity contribution in [2.24, 2.45) is 0 Å². The molecule has 6 heteroatoms. The molecule has 2 heterocycles. The summed E-state index contributed by atoms with van der Waals surface area (Å²) in [5.41, 5.74) is 1.60. The van der Waals surface area contributed by atoms with Crippen LogP contribution in [0.15, 0.2) is 24.4 Å². The van der Waals surface area contributed by atoms with E-state index in [1.807, 2.05) is 30.7 Å². The normalized spacial score (nSPS) is 11.1. The molecule has 0 spiro atoms. The lowest BCUT2D eigenvalue weighted by atomic mass is 10.2. The van der Waals surface area contributed by atoms with Gasteiger partial charge in [-0.15, -0.1) is 11.3 Å². The van der Waals surface area contributed by atoms with Gasteiger partial charge < -0.3 is 9.67 Å². The van der Waals surface area contributed by atoms with Gasteiger partial charge in [-0.2, -0.15) is 0 Å². The second-order valence-corrected chi connectivity index (χ2v) is 5.91. The quantitative estimate of drug-likeness (QED) is 0.804. The number of imidazole rings is 1. The number of thiazole rings is 1. The molecule has 0 radical (unpaired) electrons. The third-order valence-corrected chi connectivity index (χ3v) is 4.06. The summed E-state index contributed by atoms with van der Waals surface area (Å²) in [5, 5.41) is 10.2. The number of aromatic nitrogens is 3. The smallest absolute Gasteiger partial charge is 0.337 e. The average molecular weight is 287 g/mol. The van der Waals surface area contributed by atoms with E-state index >= 15 is 0 Å². The van der Waals surface area contributed by atoms with E-state index in [1.165, 1.54) is 0 Å². The fraction of sp³-hybridized carbons (Fsp3) is 0.214. The molecule has 0 fully saturated rings. The monoisotopic (exact) mass is 287 g/mol. The summed E-state index contributed by atoms with van der Waals surface area (Å²) in [7, 11) is 0. The van der Waals surface area contributed by atoms with Crippen molar-refractivity contribution < 1.29 is 9.90 Å². The molecule has 20 heavy (non-hydrogen) atoms. The Morgan fingerprint density at radius 2 is 2.20 bits per heavy atom. The van der Waals surface area contributed by atoms with Gasteiger partial charge >= 0.3 is 5.97 Å². The Labute approximate surface area is 119 Å². The minimum Gasteiger partial charge on any atom is -0.478 e. The van der Waals surface area contributed by atoms with Crippen molar-refractivity contribution in [1.82, 2.24) is 14.5 Å². The lowest BCUT2D eigenvalue weighted by molar-refractivity contribution is 0.0699. The van der Waals surface area contributed by atoms with Crippen LogP contribution in [0.5, 0.6) is 0 Å². The number of fused-ring (bicyclic) bond motifs is 1. The first-order valence-corrected chi connectivity index (χ1v) is 6.98. The topological polar surface area (TPSA) is 68.0 Å². The Kier molecular flexibility index (Phi) is 3.02. The highest BCUT2D eigenvalue weighted by atomic mass is 32.1. The first-order valence-electron chi connectivity index (χ1n) is 6.16. The van der Waals surface area contributed by atoms with Crippen LogP contribution in [0.1, 0.15) is 26.1 Å². The maximum atomic E-state index is 11.2. The maximum Gasteiger partial charge on any atom is 0.337 e. The Balaban J connectivity index is 2.14. The number of rotatable bonds is 3. The van der Waals surface area contributed by atoms with Crippen molar-refractivity contribution in [2.45, 2.75) is 20.4 Å². The van der Waals surface area contributed by atoms with E-state index in [-0.39, 0.29) is 5.56 Å². The number of aromatic carboxylic acids is 1. The zero-order chi connectivity index (χ0) is 14.3. The first kappa shape index (κ1) is 12.8. The summed E-state index contributed by atoms with van der Waals surface area (Å²) < 4.78 is 2.00. The second-order valence-electron chi connectivity index (χ2n) is 4.59. The van der Waals surface area contributed by atoms with Gasteiger partial charge in [-0.05, 0) is 26.0 Å². The summed E-state index contributed by atoms with van der Waals surface area (Å²) in [5.74, 6) is -0.160. The number of carbonyl (C=O) groups is 1. The molecule has 0 aliphatic heterocycles. The van der Waals surface area contributed by atoms with E-state index in [0.29, 0.717) is 12.1 Å². The van der Waals surface area contributed by atoms with Crippen LogP contribution in [0.3, 0.4) is 0 Å². The number of carboxylic acid groups (broad SMARTS) is 1. The third-order valence-electron chi connectivity index (χ3n) is 3.16.